The highest BCUT2D eigenvalue weighted by atomic mass is 19.1. The highest BCUT2D eigenvalue weighted by molar-refractivity contribution is 5.91. The SMILES string of the molecule is C=N/C(=C\C=NC)NC(=O)Nc1ccccc1F. The Morgan fingerprint density at radius 1 is 1.44 bits per heavy atom. The van der Waals surface area contributed by atoms with E-state index in [1.807, 2.05) is 0 Å². The maximum atomic E-state index is 13.3. The molecule has 1 aromatic carbocycles. The topological polar surface area (TPSA) is 65.8 Å². The van der Waals surface area contributed by atoms with Crippen LogP contribution < -0.4 is 10.6 Å². The van der Waals surface area contributed by atoms with Gasteiger partial charge < -0.3 is 5.32 Å². The Bertz CT molecular complexity index is 497. The van der Waals surface area contributed by atoms with E-state index < -0.39 is 11.8 Å². The largest absolute Gasteiger partial charge is 0.324 e. The summed E-state index contributed by atoms with van der Waals surface area (Å²) in [5.41, 5.74) is 0.0857. The summed E-state index contributed by atoms with van der Waals surface area (Å²) in [7, 11) is 1.58. The number of para-hydroxylation sites is 1. The van der Waals surface area contributed by atoms with E-state index in [9.17, 15) is 9.18 Å². The van der Waals surface area contributed by atoms with E-state index in [4.69, 9.17) is 0 Å². The molecule has 0 aliphatic heterocycles. The van der Waals surface area contributed by atoms with Crippen LogP contribution in [0.4, 0.5) is 14.9 Å². The molecule has 94 valence electrons. The van der Waals surface area contributed by atoms with Gasteiger partial charge in [0.15, 0.2) is 0 Å². The van der Waals surface area contributed by atoms with Crippen molar-refractivity contribution in [2.75, 3.05) is 12.4 Å². The van der Waals surface area contributed by atoms with Crippen molar-refractivity contribution < 1.29 is 9.18 Å². The number of anilines is 1. The fraction of sp³-hybridized carbons (Fsp3) is 0.0833. The lowest BCUT2D eigenvalue weighted by Gasteiger charge is -2.07. The Balaban J connectivity index is 2.67. The third-order valence-electron chi connectivity index (χ3n) is 1.92. The molecular weight excluding hydrogens is 235 g/mol. The molecule has 0 fully saturated rings. The monoisotopic (exact) mass is 248 g/mol. The average molecular weight is 248 g/mol. The van der Waals surface area contributed by atoms with Crippen LogP contribution in [0.15, 0.2) is 46.1 Å². The number of nitrogens with one attached hydrogen (secondary N) is 2. The van der Waals surface area contributed by atoms with Gasteiger partial charge in [-0.3, -0.25) is 10.3 Å². The van der Waals surface area contributed by atoms with Crippen molar-refractivity contribution in [1.82, 2.24) is 5.32 Å². The second kappa shape index (κ2) is 6.95. The van der Waals surface area contributed by atoms with Gasteiger partial charge in [-0.25, -0.2) is 14.2 Å². The molecule has 0 bridgehead atoms. The predicted octanol–water partition coefficient (Wildman–Crippen LogP) is 2.19. The van der Waals surface area contributed by atoms with Crippen molar-refractivity contribution in [2.45, 2.75) is 0 Å². The molecule has 2 N–H and O–H groups in total. The first-order valence-electron chi connectivity index (χ1n) is 5.09. The Hall–Kier alpha value is -2.50. The van der Waals surface area contributed by atoms with E-state index >= 15 is 0 Å². The van der Waals surface area contributed by atoms with Crippen molar-refractivity contribution in [3.05, 3.63) is 42.0 Å². The van der Waals surface area contributed by atoms with Crippen molar-refractivity contribution in [3.63, 3.8) is 0 Å². The summed E-state index contributed by atoms with van der Waals surface area (Å²) in [5, 5.41) is 4.75. The van der Waals surface area contributed by atoms with Crippen molar-refractivity contribution in [3.8, 4) is 0 Å². The third kappa shape index (κ3) is 4.17. The lowest BCUT2D eigenvalue weighted by Crippen LogP contribution is -2.27. The lowest BCUT2D eigenvalue weighted by atomic mass is 10.3. The summed E-state index contributed by atoms with van der Waals surface area (Å²) >= 11 is 0. The normalized spacial score (nSPS) is 11.3. The molecule has 0 heterocycles. The van der Waals surface area contributed by atoms with Crippen LogP contribution in [0.2, 0.25) is 0 Å². The van der Waals surface area contributed by atoms with Crippen molar-refractivity contribution in [1.29, 1.82) is 0 Å². The van der Waals surface area contributed by atoms with E-state index in [-0.39, 0.29) is 11.5 Å². The van der Waals surface area contributed by atoms with Gasteiger partial charge in [0.25, 0.3) is 0 Å². The minimum Gasteiger partial charge on any atom is -0.305 e. The van der Waals surface area contributed by atoms with Crippen LogP contribution in [-0.4, -0.2) is 26.0 Å². The maximum Gasteiger partial charge on any atom is 0.324 e. The second-order valence-electron chi connectivity index (χ2n) is 3.18. The molecule has 1 rings (SSSR count). The summed E-state index contributed by atoms with van der Waals surface area (Å²) in [6, 6.07) is 5.25. The number of rotatable bonds is 4. The smallest absolute Gasteiger partial charge is 0.305 e. The first kappa shape index (κ1) is 13.6. The molecule has 0 atom stereocenters. The molecule has 0 spiro atoms. The molecule has 0 saturated heterocycles. The number of benzene rings is 1. The van der Waals surface area contributed by atoms with Crippen molar-refractivity contribution in [2.24, 2.45) is 9.98 Å². The van der Waals surface area contributed by atoms with Gasteiger partial charge in [0.2, 0.25) is 0 Å². The molecule has 0 aromatic heterocycles. The number of amides is 2. The Morgan fingerprint density at radius 2 is 2.17 bits per heavy atom. The fourth-order valence-electron chi connectivity index (χ4n) is 1.11. The predicted molar refractivity (Wildman–Crippen MR) is 70.6 cm³/mol. The third-order valence-corrected chi connectivity index (χ3v) is 1.92. The average Bonchev–Trinajstić information content (AvgIpc) is 2.37. The number of halogens is 1. The molecule has 18 heavy (non-hydrogen) atoms. The fourth-order valence-corrected chi connectivity index (χ4v) is 1.11. The highest BCUT2D eigenvalue weighted by Crippen LogP contribution is 2.11. The number of aliphatic imine (C=N–C) groups is 2. The molecule has 5 nitrogen and oxygen atoms in total. The molecule has 0 saturated carbocycles. The van der Waals surface area contributed by atoms with Crippen LogP contribution in [0.25, 0.3) is 0 Å². The van der Waals surface area contributed by atoms with E-state index in [0.29, 0.717) is 0 Å². The number of urea groups is 1. The number of allylic oxidation sites excluding steroid dienone is 1. The number of nitrogens with zero attached hydrogens (tertiary/aromatic N) is 2. The Kier molecular flexibility index (Phi) is 5.24. The van der Waals surface area contributed by atoms with Gasteiger partial charge in [0.1, 0.15) is 11.6 Å². The Labute approximate surface area is 104 Å². The molecule has 0 unspecified atom stereocenters. The van der Waals surface area contributed by atoms with E-state index in [0.717, 1.165) is 0 Å². The summed E-state index contributed by atoms with van der Waals surface area (Å²) < 4.78 is 13.3. The van der Waals surface area contributed by atoms with Crippen LogP contribution in [0.1, 0.15) is 0 Å². The first-order valence-corrected chi connectivity index (χ1v) is 5.09. The molecule has 0 radical (unpaired) electrons. The van der Waals surface area contributed by atoms with Gasteiger partial charge in [-0.05, 0) is 24.9 Å². The van der Waals surface area contributed by atoms with Crippen LogP contribution in [0.3, 0.4) is 0 Å². The number of hydrogen-bond acceptors (Lipinski definition) is 3. The van der Waals surface area contributed by atoms with Crippen molar-refractivity contribution >= 4 is 24.7 Å². The van der Waals surface area contributed by atoms with Gasteiger partial charge in [0, 0.05) is 13.3 Å². The van der Waals surface area contributed by atoms with E-state index in [2.05, 4.69) is 27.3 Å². The molecule has 2 amide bonds. The van der Waals surface area contributed by atoms with E-state index in [1.54, 1.807) is 13.1 Å². The highest BCUT2D eigenvalue weighted by Gasteiger charge is 2.06. The van der Waals surface area contributed by atoms with Gasteiger partial charge >= 0.3 is 6.03 Å². The zero-order valence-corrected chi connectivity index (χ0v) is 9.85. The van der Waals surface area contributed by atoms with Gasteiger partial charge in [-0.1, -0.05) is 12.1 Å². The minimum absolute atomic E-state index is 0.0857. The Morgan fingerprint density at radius 3 is 2.78 bits per heavy atom. The zero-order chi connectivity index (χ0) is 13.4. The van der Waals surface area contributed by atoms with Crippen LogP contribution >= 0.6 is 0 Å². The van der Waals surface area contributed by atoms with Gasteiger partial charge in [0.05, 0.1) is 5.69 Å². The molecular formula is C12H13FN4O. The summed E-state index contributed by atoms with van der Waals surface area (Å²) in [4.78, 5) is 18.8. The van der Waals surface area contributed by atoms with Gasteiger partial charge in [-0.2, -0.15) is 0 Å². The number of carbonyl (C=O) groups excluding carboxylic acids is 1. The lowest BCUT2D eigenvalue weighted by molar-refractivity contribution is 0.254. The number of hydrogen-bond donors (Lipinski definition) is 2. The van der Waals surface area contributed by atoms with Gasteiger partial charge in [-0.15, -0.1) is 0 Å². The molecule has 1 aromatic rings. The molecule has 0 aliphatic carbocycles. The summed E-state index contributed by atoms with van der Waals surface area (Å²) in [6.45, 7) is 3.30. The zero-order valence-electron chi connectivity index (χ0n) is 9.85. The first-order chi connectivity index (χ1) is 8.67. The summed E-state index contributed by atoms with van der Waals surface area (Å²) in [5.74, 6) is -0.297. The molecule has 0 aliphatic rings. The summed E-state index contributed by atoms with van der Waals surface area (Å²) in [6.07, 6.45) is 2.92. The standard InChI is InChI=1S/C12H13FN4O/c1-14-8-7-11(15-2)17-12(18)16-10-6-4-3-5-9(10)13/h3-8H,2H2,1H3,(H2,16,17,18)/b11-7+,14-8?. The van der Waals surface area contributed by atoms with Crippen LogP contribution in [0, 0.1) is 5.82 Å². The quantitative estimate of drug-likeness (QED) is 0.788. The minimum atomic E-state index is -0.608. The molecule has 6 heteroatoms. The van der Waals surface area contributed by atoms with Crippen LogP contribution in [-0.2, 0) is 0 Å². The second-order valence-corrected chi connectivity index (χ2v) is 3.18. The van der Waals surface area contributed by atoms with E-state index in [1.165, 1.54) is 30.5 Å². The maximum absolute atomic E-state index is 13.3. The van der Waals surface area contributed by atoms with Crippen LogP contribution in [0.5, 0.6) is 0 Å². The number of carbonyl (C=O) groups is 1.